The van der Waals surface area contributed by atoms with Crippen molar-refractivity contribution in [3.8, 4) is 0 Å². The van der Waals surface area contributed by atoms with Gasteiger partial charge in [0.2, 0.25) is 0 Å². The maximum atomic E-state index is 2.35. The van der Waals surface area contributed by atoms with Crippen molar-refractivity contribution < 1.29 is 0 Å². The van der Waals surface area contributed by atoms with Crippen LogP contribution in [0.2, 0.25) is 0 Å². The molecule has 0 nitrogen and oxygen atoms in total. The Morgan fingerprint density at radius 3 is 2.38 bits per heavy atom. The first-order valence-corrected chi connectivity index (χ1v) is 6.14. The van der Waals surface area contributed by atoms with Gasteiger partial charge >= 0.3 is 0 Å². The molecule has 1 aromatic rings. The van der Waals surface area contributed by atoms with Crippen LogP contribution in [0, 0.1) is 0 Å². The van der Waals surface area contributed by atoms with Crippen molar-refractivity contribution in [2.24, 2.45) is 0 Å². The van der Waals surface area contributed by atoms with Crippen molar-refractivity contribution in [1.82, 2.24) is 0 Å². The molecule has 0 amide bonds. The van der Waals surface area contributed by atoms with Crippen molar-refractivity contribution in [2.75, 3.05) is 0 Å². The Morgan fingerprint density at radius 1 is 1.12 bits per heavy atom. The summed E-state index contributed by atoms with van der Waals surface area (Å²) in [6, 6.07) is 10.6. The fourth-order valence-corrected chi connectivity index (χ4v) is 1.66. The van der Waals surface area contributed by atoms with E-state index in [0.29, 0.717) is 0 Å². The van der Waals surface area contributed by atoms with Crippen LogP contribution < -0.4 is 0 Å². The highest BCUT2D eigenvalue weighted by atomic mass is 14.0. The van der Waals surface area contributed by atoms with Crippen LogP contribution >= 0.6 is 0 Å². The molecule has 0 atom stereocenters. The summed E-state index contributed by atoms with van der Waals surface area (Å²) >= 11 is 0. The first-order valence-electron chi connectivity index (χ1n) is 6.14. The van der Waals surface area contributed by atoms with Crippen LogP contribution in [0.25, 0.3) is 5.57 Å². The largest absolute Gasteiger partial charge is 0.0767 e. The first kappa shape index (κ1) is 12.8. The molecule has 16 heavy (non-hydrogen) atoms. The third-order valence-corrected chi connectivity index (χ3v) is 2.47. The van der Waals surface area contributed by atoms with E-state index in [9.17, 15) is 0 Å². The van der Waals surface area contributed by atoms with Gasteiger partial charge in [0.25, 0.3) is 0 Å². The molecule has 1 aromatic carbocycles. The maximum Gasteiger partial charge on any atom is -0.0187 e. The lowest BCUT2D eigenvalue weighted by atomic mass is 10.0. The Balaban J connectivity index is 2.88. The van der Waals surface area contributed by atoms with E-state index in [-0.39, 0.29) is 0 Å². The molecule has 0 fully saturated rings. The quantitative estimate of drug-likeness (QED) is 0.465. The lowest BCUT2D eigenvalue weighted by molar-refractivity contribution is 0.815. The van der Waals surface area contributed by atoms with Crippen LogP contribution in [0.15, 0.2) is 48.1 Å². The molecule has 0 bridgehead atoms. The molecular weight excluding hydrogens is 192 g/mol. The topological polar surface area (TPSA) is 0 Å². The minimum absolute atomic E-state index is 1.17. The standard InChI is InChI=1S/C16H22/c1-4-5-7-12-16(13-14(2)3)15-10-8-6-9-11-15/h6,8-13H,4-5,7H2,1-3H3/b16-12-. The van der Waals surface area contributed by atoms with Gasteiger partial charge in [0.05, 0.1) is 0 Å². The molecule has 86 valence electrons. The molecule has 0 heterocycles. The lowest BCUT2D eigenvalue weighted by Crippen LogP contribution is -1.82. The van der Waals surface area contributed by atoms with Gasteiger partial charge in [0.15, 0.2) is 0 Å². The maximum absolute atomic E-state index is 2.35. The van der Waals surface area contributed by atoms with E-state index < -0.39 is 0 Å². The van der Waals surface area contributed by atoms with Crippen LogP contribution in [-0.2, 0) is 0 Å². The number of rotatable bonds is 5. The summed E-state index contributed by atoms with van der Waals surface area (Å²) in [6.45, 7) is 6.53. The predicted octanol–water partition coefficient (Wildman–Crippen LogP) is 5.23. The highest BCUT2D eigenvalue weighted by molar-refractivity contribution is 5.74. The van der Waals surface area contributed by atoms with Gasteiger partial charge in [-0.1, -0.05) is 67.8 Å². The Labute approximate surface area is 99.7 Å². The van der Waals surface area contributed by atoms with Gasteiger partial charge in [-0.15, -0.1) is 0 Å². The molecule has 0 N–H and O–H groups in total. The smallest absolute Gasteiger partial charge is 0.0187 e. The summed E-state index contributed by atoms with van der Waals surface area (Å²) in [6.07, 6.45) is 8.32. The average molecular weight is 214 g/mol. The Kier molecular flexibility index (Phi) is 5.63. The van der Waals surface area contributed by atoms with E-state index >= 15 is 0 Å². The molecule has 0 radical (unpaired) electrons. The molecule has 0 unspecified atom stereocenters. The Bertz CT molecular complexity index is 351. The highest BCUT2D eigenvalue weighted by Crippen LogP contribution is 2.18. The Morgan fingerprint density at radius 2 is 1.81 bits per heavy atom. The zero-order chi connectivity index (χ0) is 11.8. The van der Waals surface area contributed by atoms with Crippen molar-refractivity contribution in [3.63, 3.8) is 0 Å². The van der Waals surface area contributed by atoms with Gasteiger partial charge in [-0.2, -0.15) is 0 Å². The van der Waals surface area contributed by atoms with Crippen LogP contribution in [0.4, 0.5) is 0 Å². The van der Waals surface area contributed by atoms with Crippen LogP contribution in [0.1, 0.15) is 45.6 Å². The summed E-state index contributed by atoms with van der Waals surface area (Å²) in [5, 5.41) is 0. The number of benzene rings is 1. The monoisotopic (exact) mass is 214 g/mol. The summed E-state index contributed by atoms with van der Waals surface area (Å²) in [4.78, 5) is 0. The Hall–Kier alpha value is -1.30. The van der Waals surface area contributed by atoms with Gasteiger partial charge in [-0.3, -0.25) is 0 Å². The summed E-state index contributed by atoms with van der Waals surface area (Å²) in [5.41, 5.74) is 4.03. The van der Waals surface area contributed by atoms with Crippen LogP contribution in [-0.4, -0.2) is 0 Å². The SMILES string of the molecule is CCCC/C=C(/C=C(C)C)c1ccccc1. The van der Waals surface area contributed by atoms with E-state index in [1.54, 1.807) is 0 Å². The molecule has 0 aliphatic carbocycles. The zero-order valence-corrected chi connectivity index (χ0v) is 10.7. The van der Waals surface area contributed by atoms with E-state index in [0.717, 1.165) is 0 Å². The molecule has 0 aliphatic heterocycles. The average Bonchev–Trinajstić information content (AvgIpc) is 2.29. The molecule has 0 heteroatoms. The number of unbranched alkanes of at least 4 members (excludes halogenated alkanes) is 2. The van der Waals surface area contributed by atoms with Crippen molar-refractivity contribution in [1.29, 1.82) is 0 Å². The van der Waals surface area contributed by atoms with E-state index in [1.165, 1.54) is 36.0 Å². The fourth-order valence-electron chi connectivity index (χ4n) is 1.66. The highest BCUT2D eigenvalue weighted by Gasteiger charge is 1.96. The third-order valence-electron chi connectivity index (χ3n) is 2.47. The normalized spacial score (nSPS) is 11.3. The number of hydrogen-bond donors (Lipinski definition) is 0. The van der Waals surface area contributed by atoms with Gasteiger partial charge in [0, 0.05) is 0 Å². The molecular formula is C16H22. The van der Waals surface area contributed by atoms with Crippen molar-refractivity contribution >= 4 is 5.57 Å². The second-order valence-electron chi connectivity index (χ2n) is 4.39. The molecule has 0 saturated heterocycles. The fraction of sp³-hybridized carbons (Fsp3) is 0.375. The molecule has 0 aliphatic rings. The van der Waals surface area contributed by atoms with E-state index in [1.807, 2.05) is 0 Å². The predicted molar refractivity (Wildman–Crippen MR) is 73.4 cm³/mol. The second kappa shape index (κ2) is 7.05. The lowest BCUT2D eigenvalue weighted by Gasteiger charge is -2.04. The van der Waals surface area contributed by atoms with Gasteiger partial charge in [-0.25, -0.2) is 0 Å². The van der Waals surface area contributed by atoms with Crippen molar-refractivity contribution in [2.45, 2.75) is 40.0 Å². The molecule has 0 spiro atoms. The van der Waals surface area contributed by atoms with E-state index in [2.05, 4.69) is 63.3 Å². The van der Waals surface area contributed by atoms with Crippen LogP contribution in [0.3, 0.4) is 0 Å². The summed E-state index contributed by atoms with van der Waals surface area (Å²) < 4.78 is 0. The van der Waals surface area contributed by atoms with Gasteiger partial charge in [0.1, 0.15) is 0 Å². The summed E-state index contributed by atoms with van der Waals surface area (Å²) in [7, 11) is 0. The van der Waals surface area contributed by atoms with E-state index in [4.69, 9.17) is 0 Å². The van der Waals surface area contributed by atoms with Crippen molar-refractivity contribution in [3.05, 3.63) is 53.6 Å². The van der Waals surface area contributed by atoms with Crippen LogP contribution in [0.5, 0.6) is 0 Å². The van der Waals surface area contributed by atoms with Gasteiger partial charge in [-0.05, 0) is 31.4 Å². The second-order valence-corrected chi connectivity index (χ2v) is 4.39. The summed E-state index contributed by atoms with van der Waals surface area (Å²) in [5.74, 6) is 0. The zero-order valence-electron chi connectivity index (χ0n) is 10.7. The minimum Gasteiger partial charge on any atom is -0.0767 e. The molecule has 0 saturated carbocycles. The molecule has 1 rings (SSSR count). The third kappa shape index (κ3) is 4.48. The number of allylic oxidation sites excluding steroid dienone is 4. The first-order chi connectivity index (χ1) is 7.74. The number of hydrogen-bond acceptors (Lipinski definition) is 0. The van der Waals surface area contributed by atoms with Gasteiger partial charge < -0.3 is 0 Å². The molecule has 0 aromatic heterocycles. The minimum atomic E-state index is 1.17.